The van der Waals surface area contributed by atoms with Gasteiger partial charge in [0.05, 0.1) is 6.54 Å². The molecule has 0 spiro atoms. The third-order valence-electron chi connectivity index (χ3n) is 3.12. The second-order valence-corrected chi connectivity index (χ2v) is 7.78. The molecule has 1 aromatic carbocycles. The van der Waals surface area contributed by atoms with Gasteiger partial charge in [0.25, 0.3) is 0 Å². The van der Waals surface area contributed by atoms with Crippen molar-refractivity contribution in [2.45, 2.75) is 26.4 Å². The molecule has 0 unspecified atom stereocenters. The van der Waals surface area contributed by atoms with Crippen LogP contribution in [0.4, 0.5) is 4.79 Å². The SMILES string of the molecule is CN(C)C(=O)/C=C/CN(CCOc1ccc(Br)cc1)C(=O)OC(C)(C)C. The van der Waals surface area contributed by atoms with Crippen LogP contribution in [-0.2, 0) is 9.53 Å². The minimum atomic E-state index is -0.592. The Morgan fingerprint density at radius 3 is 2.31 bits per heavy atom. The summed E-state index contributed by atoms with van der Waals surface area (Å²) < 4.78 is 12.1. The van der Waals surface area contributed by atoms with Gasteiger partial charge < -0.3 is 19.3 Å². The van der Waals surface area contributed by atoms with Crippen molar-refractivity contribution in [3.63, 3.8) is 0 Å². The molecular formula is C19H27BrN2O4. The van der Waals surface area contributed by atoms with Gasteiger partial charge in [0.2, 0.25) is 5.91 Å². The van der Waals surface area contributed by atoms with Crippen molar-refractivity contribution < 1.29 is 19.1 Å². The summed E-state index contributed by atoms with van der Waals surface area (Å²) in [4.78, 5) is 27.0. The van der Waals surface area contributed by atoms with E-state index in [1.165, 1.54) is 15.9 Å². The fourth-order valence-corrected chi connectivity index (χ4v) is 2.08. The predicted octanol–water partition coefficient (Wildman–Crippen LogP) is 3.71. The van der Waals surface area contributed by atoms with Crippen molar-refractivity contribution in [3.05, 3.63) is 40.9 Å². The molecule has 0 aliphatic rings. The lowest BCUT2D eigenvalue weighted by atomic mass is 10.2. The molecule has 1 aromatic rings. The number of benzene rings is 1. The number of amides is 2. The van der Waals surface area contributed by atoms with Gasteiger partial charge in [-0.25, -0.2) is 4.79 Å². The molecule has 0 saturated carbocycles. The van der Waals surface area contributed by atoms with E-state index in [1.807, 2.05) is 45.0 Å². The van der Waals surface area contributed by atoms with Crippen molar-refractivity contribution in [1.82, 2.24) is 9.80 Å². The highest BCUT2D eigenvalue weighted by Gasteiger charge is 2.21. The maximum absolute atomic E-state index is 12.4. The quantitative estimate of drug-likeness (QED) is 0.623. The molecule has 0 aromatic heterocycles. The summed E-state index contributed by atoms with van der Waals surface area (Å²) >= 11 is 3.37. The fourth-order valence-electron chi connectivity index (χ4n) is 1.82. The van der Waals surface area contributed by atoms with Crippen molar-refractivity contribution in [1.29, 1.82) is 0 Å². The lowest BCUT2D eigenvalue weighted by molar-refractivity contribution is -0.123. The van der Waals surface area contributed by atoms with E-state index in [0.29, 0.717) is 13.2 Å². The Balaban J connectivity index is 2.65. The second-order valence-electron chi connectivity index (χ2n) is 6.86. The third-order valence-corrected chi connectivity index (χ3v) is 3.65. The van der Waals surface area contributed by atoms with Gasteiger partial charge in [0, 0.05) is 31.2 Å². The number of carbonyl (C=O) groups is 2. The molecular weight excluding hydrogens is 400 g/mol. The molecule has 0 N–H and O–H groups in total. The topological polar surface area (TPSA) is 59.1 Å². The van der Waals surface area contributed by atoms with Crippen molar-refractivity contribution in [2.75, 3.05) is 33.8 Å². The average molecular weight is 427 g/mol. The van der Waals surface area contributed by atoms with E-state index in [-0.39, 0.29) is 12.5 Å². The summed E-state index contributed by atoms with van der Waals surface area (Å²) in [6.45, 7) is 6.35. The number of nitrogens with zero attached hydrogens (tertiary/aromatic N) is 2. The highest BCUT2D eigenvalue weighted by Crippen LogP contribution is 2.16. The van der Waals surface area contributed by atoms with Gasteiger partial charge in [0.1, 0.15) is 18.0 Å². The minimum Gasteiger partial charge on any atom is -0.492 e. The summed E-state index contributed by atoms with van der Waals surface area (Å²) in [6, 6.07) is 7.46. The smallest absolute Gasteiger partial charge is 0.410 e. The molecule has 0 fully saturated rings. The van der Waals surface area contributed by atoms with Crippen LogP contribution in [0.2, 0.25) is 0 Å². The van der Waals surface area contributed by atoms with Crippen LogP contribution in [-0.4, -0.2) is 61.2 Å². The first-order chi connectivity index (χ1) is 12.1. The second kappa shape index (κ2) is 10.2. The fraction of sp³-hybridized carbons (Fsp3) is 0.474. The molecule has 144 valence electrons. The Morgan fingerprint density at radius 2 is 1.77 bits per heavy atom. The van der Waals surface area contributed by atoms with Gasteiger partial charge >= 0.3 is 6.09 Å². The molecule has 0 aliphatic carbocycles. The number of carbonyl (C=O) groups excluding carboxylic acids is 2. The zero-order valence-electron chi connectivity index (χ0n) is 16.0. The van der Waals surface area contributed by atoms with Crippen molar-refractivity contribution in [3.8, 4) is 5.75 Å². The van der Waals surface area contributed by atoms with Gasteiger partial charge in [-0.15, -0.1) is 0 Å². The molecule has 0 radical (unpaired) electrons. The first kappa shape index (κ1) is 22.0. The molecule has 7 heteroatoms. The monoisotopic (exact) mass is 426 g/mol. The summed E-state index contributed by atoms with van der Waals surface area (Å²) in [5.41, 5.74) is -0.592. The molecule has 2 amide bonds. The first-order valence-corrected chi connectivity index (χ1v) is 9.12. The van der Waals surface area contributed by atoms with Gasteiger partial charge in [-0.05, 0) is 45.0 Å². The number of hydrogen-bond donors (Lipinski definition) is 0. The zero-order chi connectivity index (χ0) is 19.7. The Bertz CT molecular complexity index is 621. The van der Waals surface area contributed by atoms with Crippen LogP contribution in [0.15, 0.2) is 40.9 Å². The van der Waals surface area contributed by atoms with Gasteiger partial charge in [-0.3, -0.25) is 4.79 Å². The molecule has 1 rings (SSSR count). The largest absolute Gasteiger partial charge is 0.492 e. The van der Waals surface area contributed by atoms with Crippen molar-refractivity contribution in [2.24, 2.45) is 0 Å². The number of likely N-dealkylation sites (N-methyl/N-ethyl adjacent to an activating group) is 1. The first-order valence-electron chi connectivity index (χ1n) is 8.32. The van der Waals surface area contributed by atoms with E-state index in [4.69, 9.17) is 9.47 Å². The van der Waals surface area contributed by atoms with E-state index in [2.05, 4.69) is 15.9 Å². The summed E-state index contributed by atoms with van der Waals surface area (Å²) in [5.74, 6) is 0.580. The van der Waals surface area contributed by atoms with Gasteiger partial charge in [0.15, 0.2) is 0 Å². The van der Waals surface area contributed by atoms with Crippen LogP contribution in [0.3, 0.4) is 0 Å². The Kier molecular flexibility index (Phi) is 8.65. The van der Waals surface area contributed by atoms with Crippen LogP contribution in [0, 0.1) is 0 Å². The highest BCUT2D eigenvalue weighted by molar-refractivity contribution is 9.10. The van der Waals surface area contributed by atoms with Crippen molar-refractivity contribution >= 4 is 27.9 Å². The van der Waals surface area contributed by atoms with E-state index in [1.54, 1.807) is 20.2 Å². The lowest BCUT2D eigenvalue weighted by Gasteiger charge is -2.26. The average Bonchev–Trinajstić information content (AvgIpc) is 2.53. The molecule has 0 aliphatic heterocycles. The van der Waals surface area contributed by atoms with Gasteiger partial charge in [-0.1, -0.05) is 22.0 Å². The van der Waals surface area contributed by atoms with Crippen LogP contribution < -0.4 is 4.74 Å². The minimum absolute atomic E-state index is 0.139. The van der Waals surface area contributed by atoms with E-state index in [0.717, 1.165) is 10.2 Å². The number of rotatable bonds is 7. The number of ether oxygens (including phenoxy) is 2. The third kappa shape index (κ3) is 8.89. The van der Waals surface area contributed by atoms with Crippen LogP contribution >= 0.6 is 15.9 Å². The van der Waals surface area contributed by atoms with Crippen LogP contribution in [0.1, 0.15) is 20.8 Å². The van der Waals surface area contributed by atoms with Crippen LogP contribution in [0.25, 0.3) is 0 Å². The highest BCUT2D eigenvalue weighted by atomic mass is 79.9. The summed E-state index contributed by atoms with van der Waals surface area (Å²) in [7, 11) is 3.34. The zero-order valence-corrected chi connectivity index (χ0v) is 17.6. The molecule has 0 saturated heterocycles. The van der Waals surface area contributed by atoms with E-state index >= 15 is 0 Å². The van der Waals surface area contributed by atoms with Gasteiger partial charge in [-0.2, -0.15) is 0 Å². The Hall–Kier alpha value is -2.02. The maximum atomic E-state index is 12.4. The maximum Gasteiger partial charge on any atom is 0.410 e. The molecule has 6 nitrogen and oxygen atoms in total. The molecule has 0 atom stereocenters. The molecule has 0 heterocycles. The lowest BCUT2D eigenvalue weighted by Crippen LogP contribution is -2.39. The summed E-state index contributed by atoms with van der Waals surface area (Å²) in [5, 5.41) is 0. The summed E-state index contributed by atoms with van der Waals surface area (Å²) in [6.07, 6.45) is 2.64. The van der Waals surface area contributed by atoms with E-state index < -0.39 is 11.7 Å². The Morgan fingerprint density at radius 1 is 1.15 bits per heavy atom. The van der Waals surface area contributed by atoms with Crippen LogP contribution in [0.5, 0.6) is 5.75 Å². The number of halogens is 1. The van der Waals surface area contributed by atoms with E-state index in [9.17, 15) is 9.59 Å². The normalized spacial score (nSPS) is 11.3. The Labute approximate surface area is 163 Å². The molecule has 0 bridgehead atoms. The number of hydrogen-bond acceptors (Lipinski definition) is 4. The predicted molar refractivity (Wildman–Crippen MR) is 105 cm³/mol. The standard InChI is InChI=1S/C19H27BrN2O4/c1-19(2,3)26-18(24)22(12-6-7-17(23)21(4)5)13-14-25-16-10-8-15(20)9-11-16/h6-11H,12-14H2,1-5H3/b7-6+. The molecule has 26 heavy (non-hydrogen) atoms.